The molecule has 1 atom stereocenters. The lowest BCUT2D eigenvalue weighted by Gasteiger charge is -2.33. The summed E-state index contributed by atoms with van der Waals surface area (Å²) in [5.41, 5.74) is 1.95. The second kappa shape index (κ2) is 6.60. The smallest absolute Gasteiger partial charge is 0.0716 e. The van der Waals surface area contributed by atoms with Crippen molar-refractivity contribution in [2.24, 2.45) is 0 Å². The van der Waals surface area contributed by atoms with E-state index in [-0.39, 0.29) is 6.61 Å². The van der Waals surface area contributed by atoms with Crippen LogP contribution in [0, 0.1) is 0 Å². The van der Waals surface area contributed by atoms with Crippen LogP contribution in [0.3, 0.4) is 0 Å². The van der Waals surface area contributed by atoms with Gasteiger partial charge in [0.1, 0.15) is 0 Å². The summed E-state index contributed by atoms with van der Waals surface area (Å²) in [4.78, 5) is 4.80. The number of hydrogen-bond acceptors (Lipinski definition) is 3. The van der Waals surface area contributed by atoms with Crippen molar-refractivity contribution in [1.82, 2.24) is 4.90 Å². The summed E-state index contributed by atoms with van der Waals surface area (Å²) in [6.07, 6.45) is 2.24. The number of hydrogen-bond donors (Lipinski definition) is 1. The van der Waals surface area contributed by atoms with Crippen molar-refractivity contribution in [3.8, 4) is 0 Å². The lowest BCUT2D eigenvalue weighted by atomic mass is 10.1. The van der Waals surface area contributed by atoms with Gasteiger partial charge in [0.25, 0.3) is 0 Å². The van der Waals surface area contributed by atoms with Gasteiger partial charge in [0, 0.05) is 35.4 Å². The van der Waals surface area contributed by atoms with Gasteiger partial charge < -0.3 is 14.9 Å². The summed E-state index contributed by atoms with van der Waals surface area (Å²) in [5, 5.41) is 10.2. The number of anilines is 1. The maximum Gasteiger partial charge on any atom is 0.0716 e. The minimum atomic E-state index is -0.00220. The third-order valence-electron chi connectivity index (χ3n) is 3.93. The van der Waals surface area contributed by atoms with Gasteiger partial charge in [-0.15, -0.1) is 0 Å². The SMILES string of the molecule is CCC1CN(C)CCCN1c1cccc(Cl)c1CO. The Balaban J connectivity index is 2.35. The lowest BCUT2D eigenvalue weighted by molar-refractivity contribution is 0.281. The van der Waals surface area contributed by atoms with Crippen LogP contribution >= 0.6 is 11.6 Å². The number of halogens is 1. The molecular weight excluding hydrogens is 260 g/mol. The Morgan fingerprint density at radius 1 is 1.37 bits per heavy atom. The third kappa shape index (κ3) is 3.22. The number of aliphatic hydroxyl groups excluding tert-OH is 1. The second-order valence-corrected chi connectivity index (χ2v) is 5.67. The lowest BCUT2D eigenvalue weighted by Crippen LogP contribution is -2.40. The van der Waals surface area contributed by atoms with Gasteiger partial charge in [-0.3, -0.25) is 0 Å². The fourth-order valence-electron chi connectivity index (χ4n) is 2.88. The van der Waals surface area contributed by atoms with Gasteiger partial charge in [-0.1, -0.05) is 24.6 Å². The van der Waals surface area contributed by atoms with Crippen LogP contribution in [-0.2, 0) is 6.61 Å². The van der Waals surface area contributed by atoms with Crippen LogP contribution in [0.15, 0.2) is 18.2 Å². The molecule has 0 aliphatic carbocycles. The maximum atomic E-state index is 9.59. The van der Waals surface area contributed by atoms with Gasteiger partial charge in [-0.2, -0.15) is 0 Å². The molecule has 4 heteroatoms. The van der Waals surface area contributed by atoms with Gasteiger partial charge in [-0.25, -0.2) is 0 Å². The standard InChI is InChI=1S/C15H23ClN2O/c1-3-12-10-17(2)8-5-9-18(12)15-7-4-6-14(16)13(15)11-19/h4,6-7,12,19H,3,5,8-11H2,1-2H3. The van der Waals surface area contributed by atoms with Gasteiger partial charge in [-0.05, 0) is 38.6 Å². The average molecular weight is 283 g/mol. The van der Waals surface area contributed by atoms with Crippen LogP contribution in [0.5, 0.6) is 0 Å². The first-order valence-electron chi connectivity index (χ1n) is 7.00. The van der Waals surface area contributed by atoms with Gasteiger partial charge in [0.05, 0.1) is 6.61 Å². The quantitative estimate of drug-likeness (QED) is 0.923. The Hall–Kier alpha value is -0.770. The molecule has 0 spiro atoms. The van der Waals surface area contributed by atoms with Crippen molar-refractivity contribution in [1.29, 1.82) is 0 Å². The van der Waals surface area contributed by atoms with Crippen molar-refractivity contribution in [2.75, 3.05) is 31.6 Å². The molecule has 1 fully saturated rings. The molecule has 2 rings (SSSR count). The molecule has 1 heterocycles. The highest BCUT2D eigenvalue weighted by molar-refractivity contribution is 6.31. The van der Waals surface area contributed by atoms with E-state index in [4.69, 9.17) is 11.6 Å². The van der Waals surface area contributed by atoms with E-state index in [2.05, 4.69) is 29.8 Å². The number of rotatable bonds is 3. The highest BCUT2D eigenvalue weighted by Crippen LogP contribution is 2.30. The molecule has 1 unspecified atom stereocenters. The number of aliphatic hydroxyl groups is 1. The van der Waals surface area contributed by atoms with Crippen LogP contribution in [0.1, 0.15) is 25.3 Å². The van der Waals surface area contributed by atoms with E-state index in [1.807, 2.05) is 12.1 Å². The highest BCUT2D eigenvalue weighted by Gasteiger charge is 2.24. The molecule has 1 N–H and O–H groups in total. The number of likely N-dealkylation sites (N-methyl/N-ethyl adjacent to an activating group) is 1. The van der Waals surface area contributed by atoms with Crippen molar-refractivity contribution in [3.63, 3.8) is 0 Å². The third-order valence-corrected chi connectivity index (χ3v) is 4.29. The van der Waals surface area contributed by atoms with E-state index in [0.29, 0.717) is 11.1 Å². The molecule has 0 aromatic heterocycles. The van der Waals surface area contributed by atoms with Crippen LogP contribution in [0.25, 0.3) is 0 Å². The van der Waals surface area contributed by atoms with E-state index in [9.17, 15) is 5.11 Å². The van der Waals surface area contributed by atoms with E-state index >= 15 is 0 Å². The number of nitrogens with zero attached hydrogens (tertiary/aromatic N) is 2. The highest BCUT2D eigenvalue weighted by atomic mass is 35.5. The summed E-state index contributed by atoms with van der Waals surface area (Å²) in [6, 6.07) is 6.38. The Kier molecular flexibility index (Phi) is 5.08. The summed E-state index contributed by atoms with van der Waals surface area (Å²) >= 11 is 6.21. The monoisotopic (exact) mass is 282 g/mol. The first-order valence-corrected chi connectivity index (χ1v) is 7.38. The Morgan fingerprint density at radius 3 is 2.84 bits per heavy atom. The molecule has 3 nitrogen and oxygen atoms in total. The maximum absolute atomic E-state index is 9.59. The Bertz CT molecular complexity index is 425. The van der Waals surface area contributed by atoms with Gasteiger partial charge in [0.15, 0.2) is 0 Å². The molecule has 0 radical (unpaired) electrons. The summed E-state index contributed by atoms with van der Waals surface area (Å²) in [7, 11) is 2.18. The fourth-order valence-corrected chi connectivity index (χ4v) is 3.11. The predicted octanol–water partition coefficient (Wildman–Crippen LogP) is 2.75. The molecule has 1 saturated heterocycles. The van der Waals surface area contributed by atoms with Crippen molar-refractivity contribution in [3.05, 3.63) is 28.8 Å². The molecule has 1 aliphatic rings. The largest absolute Gasteiger partial charge is 0.392 e. The summed E-state index contributed by atoms with van der Waals surface area (Å²) < 4.78 is 0. The second-order valence-electron chi connectivity index (χ2n) is 5.27. The van der Waals surface area contributed by atoms with Crippen molar-refractivity contribution < 1.29 is 5.11 Å². The molecule has 1 aromatic rings. The molecule has 0 amide bonds. The van der Waals surface area contributed by atoms with Crippen LogP contribution in [0.2, 0.25) is 5.02 Å². The molecule has 106 valence electrons. The molecule has 0 bridgehead atoms. The van der Waals surface area contributed by atoms with Gasteiger partial charge >= 0.3 is 0 Å². The van der Waals surface area contributed by atoms with Crippen molar-refractivity contribution in [2.45, 2.75) is 32.4 Å². The predicted molar refractivity (Wildman–Crippen MR) is 80.9 cm³/mol. The zero-order chi connectivity index (χ0) is 13.8. The summed E-state index contributed by atoms with van der Waals surface area (Å²) in [6.45, 7) is 5.43. The van der Waals surface area contributed by atoms with Gasteiger partial charge in [0.2, 0.25) is 0 Å². The zero-order valence-corrected chi connectivity index (χ0v) is 12.5. The first kappa shape index (κ1) is 14.6. The normalized spacial score (nSPS) is 21.5. The number of benzene rings is 1. The van der Waals surface area contributed by atoms with Crippen molar-refractivity contribution >= 4 is 17.3 Å². The van der Waals surface area contributed by atoms with Crippen LogP contribution in [-0.4, -0.2) is 42.7 Å². The molecule has 19 heavy (non-hydrogen) atoms. The Labute approximate surface area is 120 Å². The molecule has 1 aromatic carbocycles. The topological polar surface area (TPSA) is 26.7 Å². The van der Waals surface area contributed by atoms with Crippen LogP contribution in [0.4, 0.5) is 5.69 Å². The van der Waals surface area contributed by atoms with Crippen LogP contribution < -0.4 is 4.90 Å². The van der Waals surface area contributed by atoms with E-state index < -0.39 is 0 Å². The van der Waals surface area contributed by atoms with E-state index in [1.165, 1.54) is 0 Å². The minimum Gasteiger partial charge on any atom is -0.392 e. The first-order chi connectivity index (χ1) is 9.17. The van der Waals surface area contributed by atoms with E-state index in [1.54, 1.807) is 0 Å². The average Bonchev–Trinajstić information content (AvgIpc) is 2.59. The molecule has 0 saturated carbocycles. The zero-order valence-electron chi connectivity index (χ0n) is 11.8. The molecular formula is C15H23ClN2O. The fraction of sp³-hybridized carbons (Fsp3) is 0.600. The minimum absolute atomic E-state index is 0.00220. The molecule has 1 aliphatic heterocycles. The Morgan fingerprint density at radius 2 is 2.16 bits per heavy atom. The van der Waals surface area contributed by atoms with E-state index in [0.717, 1.165) is 43.7 Å². The summed E-state index contributed by atoms with van der Waals surface area (Å²) in [5.74, 6) is 0.